The summed E-state index contributed by atoms with van der Waals surface area (Å²) in [5.74, 6) is -0.321. The van der Waals surface area contributed by atoms with Gasteiger partial charge in [-0.1, -0.05) is 11.6 Å². The zero-order valence-corrected chi connectivity index (χ0v) is 21.6. The average molecular weight is 529 g/mol. The second kappa shape index (κ2) is 10.0. The molecule has 0 atom stereocenters. The Morgan fingerprint density at radius 2 is 1.89 bits per heavy atom. The van der Waals surface area contributed by atoms with E-state index in [0.717, 1.165) is 31.9 Å². The fourth-order valence-corrected chi connectivity index (χ4v) is 4.66. The molecule has 1 aliphatic rings. The number of piperazine rings is 1. The molecule has 0 radical (unpaired) electrons. The van der Waals surface area contributed by atoms with Crippen LogP contribution in [0.5, 0.6) is 0 Å². The van der Waals surface area contributed by atoms with E-state index in [1.807, 2.05) is 28.5 Å². The zero-order valence-electron chi connectivity index (χ0n) is 20.0. The fraction of sp³-hybridized carbons (Fsp3) is 0.320. The third-order valence-electron chi connectivity index (χ3n) is 6.45. The maximum Gasteiger partial charge on any atom is 0.289 e. The molecule has 0 aliphatic carbocycles. The van der Waals surface area contributed by atoms with E-state index in [2.05, 4.69) is 22.4 Å². The van der Waals surface area contributed by atoms with Gasteiger partial charge in [-0.3, -0.25) is 4.79 Å². The highest BCUT2D eigenvalue weighted by molar-refractivity contribution is 7.71. The Labute approximate surface area is 217 Å². The number of hydrogen-bond acceptors (Lipinski definition) is 7. The molecule has 0 amide bonds. The number of anilines is 2. The first kappa shape index (κ1) is 24.5. The highest BCUT2D eigenvalue weighted by Gasteiger charge is 2.22. The molecule has 0 unspecified atom stereocenters. The molecular weight excluding hydrogens is 503 g/mol. The molecule has 8 nitrogen and oxygen atoms in total. The summed E-state index contributed by atoms with van der Waals surface area (Å²) in [6.07, 6.45) is 1.70. The molecule has 3 heterocycles. The first-order chi connectivity index (χ1) is 17.3. The zero-order chi connectivity index (χ0) is 25.4. The lowest BCUT2D eigenvalue weighted by atomic mass is 10.1. The van der Waals surface area contributed by atoms with E-state index in [-0.39, 0.29) is 33.8 Å². The van der Waals surface area contributed by atoms with Gasteiger partial charge in [0.15, 0.2) is 0 Å². The molecule has 2 aromatic carbocycles. The number of pyridine rings is 1. The van der Waals surface area contributed by atoms with Gasteiger partial charge in [0.25, 0.3) is 10.7 Å². The van der Waals surface area contributed by atoms with Crippen LogP contribution in [-0.4, -0.2) is 52.5 Å². The average Bonchev–Trinajstić information content (AvgIpc) is 3.24. The number of nitrogens with zero attached hydrogens (tertiary/aromatic N) is 5. The van der Waals surface area contributed by atoms with Gasteiger partial charge in [0.05, 0.1) is 11.2 Å². The predicted molar refractivity (Wildman–Crippen MR) is 143 cm³/mol. The summed E-state index contributed by atoms with van der Waals surface area (Å²) < 4.78 is 24.3. The number of likely N-dealkylation sites (N-methyl/N-ethyl adjacent to an activating group) is 1. The van der Waals surface area contributed by atoms with E-state index in [1.165, 1.54) is 10.7 Å². The fourth-order valence-electron chi connectivity index (χ4n) is 4.35. The second-order valence-corrected chi connectivity index (χ2v) is 9.57. The van der Waals surface area contributed by atoms with Crippen LogP contribution in [-0.2, 0) is 13.2 Å². The number of aromatic nitrogens is 3. The number of hydrogen-bond donors (Lipinski definition) is 1. The van der Waals surface area contributed by atoms with Crippen LogP contribution in [0.25, 0.3) is 22.4 Å². The standard InChI is InChI=1S/C25H26ClFN6O2S/c1-3-31-14-19(24-29-33(25(36)35-24)15-28-17-6-4-16(26)5-7-17)23(34)18-12-20(27)22(13-21(18)31)32-10-8-30(2)9-11-32/h4-7,12-14,28H,3,8-11,15H2,1-2H3. The van der Waals surface area contributed by atoms with Crippen LogP contribution in [0.3, 0.4) is 0 Å². The number of aryl methyl sites for hydroxylation is 1. The van der Waals surface area contributed by atoms with Gasteiger partial charge in [-0.15, -0.1) is 5.10 Å². The van der Waals surface area contributed by atoms with Crippen LogP contribution < -0.4 is 15.6 Å². The Kier molecular flexibility index (Phi) is 6.83. The number of rotatable bonds is 6. The number of halogens is 2. The molecule has 1 aliphatic heterocycles. The Balaban J connectivity index is 1.50. The number of nitrogens with one attached hydrogen (secondary N) is 1. The van der Waals surface area contributed by atoms with E-state index in [0.29, 0.717) is 22.8 Å². The van der Waals surface area contributed by atoms with Gasteiger partial charge >= 0.3 is 0 Å². The molecular formula is C25H26ClFN6O2S. The number of benzene rings is 2. The van der Waals surface area contributed by atoms with Crippen LogP contribution in [0, 0.1) is 10.7 Å². The van der Waals surface area contributed by atoms with Crippen molar-refractivity contribution in [2.75, 3.05) is 43.4 Å². The lowest BCUT2D eigenvalue weighted by Gasteiger charge is -2.34. The summed E-state index contributed by atoms with van der Waals surface area (Å²) in [6, 6.07) is 10.3. The maximum atomic E-state index is 15.2. The van der Waals surface area contributed by atoms with E-state index >= 15 is 4.39 Å². The molecule has 4 aromatic rings. The summed E-state index contributed by atoms with van der Waals surface area (Å²) >= 11 is 11.3. The van der Waals surface area contributed by atoms with Crippen molar-refractivity contribution in [2.24, 2.45) is 0 Å². The Bertz CT molecular complexity index is 1520. The molecule has 5 rings (SSSR count). The van der Waals surface area contributed by atoms with Crippen LogP contribution in [0.15, 0.2) is 51.8 Å². The van der Waals surface area contributed by atoms with Gasteiger partial charge in [0, 0.05) is 55.0 Å². The molecule has 36 heavy (non-hydrogen) atoms. The minimum Gasteiger partial charge on any atom is -0.409 e. The molecule has 1 fully saturated rings. The molecule has 0 bridgehead atoms. The van der Waals surface area contributed by atoms with E-state index in [1.54, 1.807) is 24.4 Å². The van der Waals surface area contributed by atoms with Crippen molar-refractivity contribution in [2.45, 2.75) is 20.1 Å². The third kappa shape index (κ3) is 4.76. The van der Waals surface area contributed by atoms with Crippen molar-refractivity contribution in [1.82, 2.24) is 19.2 Å². The van der Waals surface area contributed by atoms with Crippen LogP contribution in [0.4, 0.5) is 15.8 Å². The monoisotopic (exact) mass is 528 g/mol. The first-order valence-electron chi connectivity index (χ1n) is 11.7. The predicted octanol–water partition coefficient (Wildman–Crippen LogP) is 4.82. The van der Waals surface area contributed by atoms with Gasteiger partial charge in [-0.25, -0.2) is 9.07 Å². The maximum absolute atomic E-state index is 15.2. The summed E-state index contributed by atoms with van der Waals surface area (Å²) in [7, 11) is 2.05. The smallest absolute Gasteiger partial charge is 0.289 e. The summed E-state index contributed by atoms with van der Waals surface area (Å²) in [5, 5.41) is 8.51. The summed E-state index contributed by atoms with van der Waals surface area (Å²) in [4.78, 5) is 17.8. The molecule has 11 heteroatoms. The van der Waals surface area contributed by atoms with E-state index < -0.39 is 5.82 Å². The molecule has 1 N–H and O–H groups in total. The van der Waals surface area contributed by atoms with E-state index in [4.69, 9.17) is 28.2 Å². The van der Waals surface area contributed by atoms with Gasteiger partial charge in [-0.05, 0) is 62.6 Å². The Morgan fingerprint density at radius 1 is 1.17 bits per heavy atom. The SMILES string of the molecule is CCn1cc(-c2nn(CNc3ccc(Cl)cc3)c(=S)o2)c(=O)c2cc(F)c(N3CCN(C)CC3)cc21. The van der Waals surface area contributed by atoms with Crippen LogP contribution in [0.1, 0.15) is 6.92 Å². The van der Waals surface area contributed by atoms with Gasteiger partial charge in [-0.2, -0.15) is 0 Å². The van der Waals surface area contributed by atoms with Crippen molar-refractivity contribution in [3.8, 4) is 11.5 Å². The lowest BCUT2D eigenvalue weighted by molar-refractivity contribution is 0.312. The molecule has 0 saturated carbocycles. The van der Waals surface area contributed by atoms with Gasteiger partial charge in [0.2, 0.25) is 5.43 Å². The minimum absolute atomic E-state index is 0.0931. The van der Waals surface area contributed by atoms with Crippen molar-refractivity contribution in [3.63, 3.8) is 0 Å². The molecule has 188 valence electrons. The van der Waals surface area contributed by atoms with Crippen molar-refractivity contribution >= 4 is 46.1 Å². The highest BCUT2D eigenvalue weighted by atomic mass is 35.5. The largest absolute Gasteiger partial charge is 0.409 e. The Morgan fingerprint density at radius 3 is 2.58 bits per heavy atom. The quantitative estimate of drug-likeness (QED) is 0.360. The summed E-state index contributed by atoms with van der Waals surface area (Å²) in [5.41, 5.74) is 1.89. The third-order valence-corrected chi connectivity index (χ3v) is 6.99. The van der Waals surface area contributed by atoms with Crippen LogP contribution in [0.2, 0.25) is 5.02 Å². The van der Waals surface area contributed by atoms with E-state index in [9.17, 15) is 4.79 Å². The topological polar surface area (TPSA) is 71.5 Å². The first-order valence-corrected chi connectivity index (χ1v) is 12.5. The molecule has 0 spiro atoms. The Hall–Kier alpha value is -3.21. The minimum atomic E-state index is -0.414. The van der Waals surface area contributed by atoms with Crippen molar-refractivity contribution < 1.29 is 8.81 Å². The second-order valence-electron chi connectivity index (χ2n) is 8.78. The summed E-state index contributed by atoms with van der Waals surface area (Å²) in [6.45, 7) is 5.97. The highest BCUT2D eigenvalue weighted by Crippen LogP contribution is 2.28. The lowest BCUT2D eigenvalue weighted by Crippen LogP contribution is -2.44. The molecule has 2 aromatic heterocycles. The van der Waals surface area contributed by atoms with Crippen molar-refractivity contribution in [3.05, 3.63) is 68.5 Å². The van der Waals surface area contributed by atoms with Crippen molar-refractivity contribution in [1.29, 1.82) is 0 Å². The van der Waals surface area contributed by atoms with Gasteiger partial charge < -0.3 is 24.1 Å². The molecule has 1 saturated heterocycles. The number of fused-ring (bicyclic) bond motifs is 1. The van der Waals surface area contributed by atoms with Crippen LogP contribution >= 0.6 is 23.8 Å². The van der Waals surface area contributed by atoms with Gasteiger partial charge in [0.1, 0.15) is 18.0 Å². The normalized spacial score (nSPS) is 14.5.